The van der Waals surface area contributed by atoms with Crippen LogP contribution in [0.2, 0.25) is 0 Å². The van der Waals surface area contributed by atoms with Crippen LogP contribution in [0.3, 0.4) is 0 Å². The average molecular weight is 128 g/mol. The van der Waals surface area contributed by atoms with Crippen molar-refractivity contribution >= 4 is 5.96 Å². The summed E-state index contributed by atoms with van der Waals surface area (Å²) >= 11 is 0. The second-order valence-electron chi connectivity index (χ2n) is 2.70. The largest absolute Gasteiger partial charge is 0.369 e. The molecule has 0 saturated carbocycles. The first-order chi connectivity index (χ1) is 4.01. The van der Waals surface area contributed by atoms with E-state index >= 15 is 0 Å². The second-order valence-corrected chi connectivity index (χ2v) is 2.70. The summed E-state index contributed by atoms with van der Waals surface area (Å²) in [5.74, 6) is 0.542. The number of hydrogen-bond donors (Lipinski definition) is 2. The summed E-state index contributed by atoms with van der Waals surface area (Å²) in [6.45, 7) is 3.92. The molecule has 0 radical (unpaired) electrons. The summed E-state index contributed by atoms with van der Waals surface area (Å²) in [5, 5.41) is 1.71. The molecule has 0 aromatic heterocycles. The Kier molecular flexibility index (Phi) is 1.13. The van der Waals surface area contributed by atoms with E-state index in [2.05, 4.69) is 10.4 Å². The summed E-state index contributed by atoms with van der Waals surface area (Å²) < 4.78 is 0. The molecule has 0 atom stereocenters. The van der Waals surface area contributed by atoms with Crippen molar-refractivity contribution in [2.24, 2.45) is 10.7 Å². The third kappa shape index (κ3) is 1.13. The van der Waals surface area contributed by atoms with Gasteiger partial charge in [-0.05, 0) is 13.8 Å². The van der Waals surface area contributed by atoms with Gasteiger partial charge in [-0.1, -0.05) is 0 Å². The van der Waals surface area contributed by atoms with Gasteiger partial charge in [0.25, 0.3) is 0 Å². The zero-order valence-electron chi connectivity index (χ0n) is 5.97. The number of aliphatic imine (C=N–C) groups is 1. The maximum atomic E-state index is 5.47. The molecule has 0 aliphatic carbocycles. The van der Waals surface area contributed by atoms with Crippen molar-refractivity contribution in [3.05, 3.63) is 0 Å². The second kappa shape index (κ2) is 1.60. The fourth-order valence-electron chi connectivity index (χ4n) is 0.854. The minimum absolute atomic E-state index is 0.223. The van der Waals surface area contributed by atoms with Gasteiger partial charge < -0.3 is 5.73 Å². The minimum Gasteiger partial charge on any atom is -0.369 e. The number of hydrogen-bond acceptors (Lipinski definition) is 4. The lowest BCUT2D eigenvalue weighted by Gasteiger charge is -2.17. The first-order valence-electron chi connectivity index (χ1n) is 2.88. The van der Waals surface area contributed by atoms with Gasteiger partial charge in [-0.15, -0.1) is 0 Å². The Balaban J connectivity index is 2.74. The van der Waals surface area contributed by atoms with Crippen LogP contribution in [-0.4, -0.2) is 23.7 Å². The van der Waals surface area contributed by atoms with Crippen molar-refractivity contribution in [2.75, 3.05) is 7.05 Å². The van der Waals surface area contributed by atoms with E-state index in [1.54, 1.807) is 5.01 Å². The lowest BCUT2D eigenvalue weighted by Crippen LogP contribution is -2.44. The molecule has 0 aromatic rings. The Morgan fingerprint density at radius 2 is 2.22 bits per heavy atom. The van der Waals surface area contributed by atoms with Gasteiger partial charge in [0, 0.05) is 7.05 Å². The first-order valence-corrected chi connectivity index (χ1v) is 2.88. The Labute approximate surface area is 54.7 Å². The summed E-state index contributed by atoms with van der Waals surface area (Å²) in [6.07, 6.45) is 0. The van der Waals surface area contributed by atoms with E-state index in [1.165, 1.54) is 0 Å². The molecule has 1 rings (SSSR count). The standard InChI is InChI=1S/C5H12N4/c1-5(2)7-4(6)9(3)8-5/h8H,1-3H3,(H2,6,7). The number of nitrogens with zero attached hydrogens (tertiary/aromatic N) is 2. The molecule has 0 aromatic carbocycles. The highest BCUT2D eigenvalue weighted by Crippen LogP contribution is 2.09. The van der Waals surface area contributed by atoms with Crippen LogP contribution in [0.4, 0.5) is 0 Å². The van der Waals surface area contributed by atoms with E-state index in [1.807, 2.05) is 20.9 Å². The van der Waals surface area contributed by atoms with Crippen molar-refractivity contribution in [1.82, 2.24) is 10.4 Å². The van der Waals surface area contributed by atoms with Crippen LogP contribution < -0.4 is 11.2 Å². The molecule has 9 heavy (non-hydrogen) atoms. The predicted molar refractivity (Wildman–Crippen MR) is 36.6 cm³/mol. The van der Waals surface area contributed by atoms with E-state index in [4.69, 9.17) is 5.73 Å². The van der Waals surface area contributed by atoms with E-state index < -0.39 is 0 Å². The van der Waals surface area contributed by atoms with E-state index in [0.29, 0.717) is 5.96 Å². The van der Waals surface area contributed by atoms with Crippen molar-refractivity contribution in [3.8, 4) is 0 Å². The van der Waals surface area contributed by atoms with Crippen LogP contribution in [0.5, 0.6) is 0 Å². The molecular formula is C5H12N4. The molecule has 0 spiro atoms. The third-order valence-electron chi connectivity index (χ3n) is 1.18. The molecule has 4 heteroatoms. The molecule has 1 aliphatic rings. The average Bonchev–Trinajstić information content (AvgIpc) is 1.79. The van der Waals surface area contributed by atoms with Gasteiger partial charge in [0.1, 0.15) is 5.66 Å². The molecular weight excluding hydrogens is 116 g/mol. The highest BCUT2D eigenvalue weighted by atomic mass is 15.6. The van der Waals surface area contributed by atoms with E-state index in [9.17, 15) is 0 Å². The molecule has 52 valence electrons. The Hall–Kier alpha value is -0.770. The Morgan fingerprint density at radius 3 is 2.33 bits per heavy atom. The minimum atomic E-state index is -0.223. The molecule has 0 unspecified atom stereocenters. The fraction of sp³-hybridized carbons (Fsp3) is 0.800. The summed E-state index contributed by atoms with van der Waals surface area (Å²) in [5.41, 5.74) is 8.29. The molecule has 0 saturated heterocycles. The molecule has 0 fully saturated rings. The predicted octanol–water partition coefficient (Wildman–Crippen LogP) is -0.513. The lowest BCUT2D eigenvalue weighted by molar-refractivity contribution is 0.281. The van der Waals surface area contributed by atoms with Crippen LogP contribution in [-0.2, 0) is 0 Å². The molecule has 0 bridgehead atoms. The summed E-state index contributed by atoms with van der Waals surface area (Å²) in [4.78, 5) is 4.11. The Bertz CT molecular complexity index is 149. The molecule has 0 amide bonds. The quantitative estimate of drug-likeness (QED) is 0.462. The van der Waals surface area contributed by atoms with Crippen LogP contribution in [0.1, 0.15) is 13.8 Å². The number of nitrogens with one attached hydrogen (secondary N) is 1. The van der Waals surface area contributed by atoms with Gasteiger partial charge in [0.05, 0.1) is 0 Å². The number of nitrogens with two attached hydrogens (primary N) is 1. The van der Waals surface area contributed by atoms with Crippen molar-refractivity contribution in [2.45, 2.75) is 19.5 Å². The zero-order valence-corrected chi connectivity index (χ0v) is 5.97. The van der Waals surface area contributed by atoms with Crippen LogP contribution in [0.15, 0.2) is 4.99 Å². The monoisotopic (exact) mass is 128 g/mol. The maximum absolute atomic E-state index is 5.47. The SMILES string of the molecule is CN1NC(C)(C)N=C1N. The summed E-state index contributed by atoms with van der Waals surface area (Å²) in [7, 11) is 1.84. The highest BCUT2D eigenvalue weighted by molar-refractivity contribution is 5.79. The van der Waals surface area contributed by atoms with Gasteiger partial charge in [-0.2, -0.15) is 0 Å². The third-order valence-corrected chi connectivity index (χ3v) is 1.18. The van der Waals surface area contributed by atoms with E-state index in [0.717, 1.165) is 0 Å². The van der Waals surface area contributed by atoms with Crippen LogP contribution >= 0.6 is 0 Å². The molecule has 1 heterocycles. The van der Waals surface area contributed by atoms with E-state index in [-0.39, 0.29) is 5.66 Å². The van der Waals surface area contributed by atoms with Crippen molar-refractivity contribution < 1.29 is 0 Å². The molecule has 1 aliphatic heterocycles. The topological polar surface area (TPSA) is 53.6 Å². The van der Waals surface area contributed by atoms with Gasteiger partial charge in [-0.3, -0.25) is 5.01 Å². The zero-order chi connectivity index (χ0) is 7.07. The number of rotatable bonds is 0. The number of guanidine groups is 1. The lowest BCUT2D eigenvalue weighted by atomic mass is 10.3. The molecule has 3 N–H and O–H groups in total. The van der Waals surface area contributed by atoms with Gasteiger partial charge in [-0.25, -0.2) is 10.4 Å². The van der Waals surface area contributed by atoms with Gasteiger partial charge in [0.2, 0.25) is 5.96 Å². The molecule has 4 nitrogen and oxygen atoms in total. The van der Waals surface area contributed by atoms with Gasteiger partial charge >= 0.3 is 0 Å². The number of hydrazine groups is 1. The maximum Gasteiger partial charge on any atom is 0.207 e. The van der Waals surface area contributed by atoms with Crippen LogP contribution in [0.25, 0.3) is 0 Å². The fourth-order valence-corrected chi connectivity index (χ4v) is 0.854. The smallest absolute Gasteiger partial charge is 0.207 e. The van der Waals surface area contributed by atoms with Crippen LogP contribution in [0, 0.1) is 0 Å². The van der Waals surface area contributed by atoms with Crippen molar-refractivity contribution in [3.63, 3.8) is 0 Å². The van der Waals surface area contributed by atoms with Gasteiger partial charge in [0.15, 0.2) is 0 Å². The highest BCUT2D eigenvalue weighted by Gasteiger charge is 2.25. The normalized spacial score (nSPS) is 24.3. The van der Waals surface area contributed by atoms with Crippen molar-refractivity contribution in [1.29, 1.82) is 0 Å². The summed E-state index contributed by atoms with van der Waals surface area (Å²) in [6, 6.07) is 0. The first kappa shape index (κ1) is 6.35. The Morgan fingerprint density at radius 1 is 1.67 bits per heavy atom.